The number of fused-ring (bicyclic) bond motifs is 2. The Balaban J connectivity index is 1.13. The molecule has 0 aliphatic rings. The van der Waals surface area contributed by atoms with E-state index in [9.17, 15) is 14.7 Å². The van der Waals surface area contributed by atoms with E-state index in [4.69, 9.17) is 50.3 Å². The van der Waals surface area contributed by atoms with Crippen LogP contribution in [0, 0.1) is 25.7 Å². The van der Waals surface area contributed by atoms with Crippen molar-refractivity contribution >= 4 is 80.5 Å². The first kappa shape index (κ1) is 43.2. The van der Waals surface area contributed by atoms with Crippen LogP contribution in [0.1, 0.15) is 53.9 Å². The molecule has 0 saturated carbocycles. The molecule has 0 atom stereocenters. The number of rotatable bonds is 18. The van der Waals surface area contributed by atoms with E-state index in [-0.39, 0.29) is 36.6 Å². The molecule has 0 spiro atoms. The molecule has 5 rings (SSSR count). The number of aryl methyl sites for hydroxylation is 3. The Labute approximate surface area is 347 Å². The van der Waals surface area contributed by atoms with Gasteiger partial charge in [0, 0.05) is 107 Å². The summed E-state index contributed by atoms with van der Waals surface area (Å²) in [5.41, 5.74) is 12.7. The minimum absolute atomic E-state index is 0.0424. The minimum Gasteiger partial charge on any atom is -0.496 e. The van der Waals surface area contributed by atoms with Crippen LogP contribution in [0.25, 0.3) is 22.1 Å². The fourth-order valence-electron chi connectivity index (χ4n) is 6.80. The first-order valence-electron chi connectivity index (χ1n) is 18.7. The van der Waals surface area contributed by atoms with E-state index in [0.717, 1.165) is 45.1 Å². The summed E-state index contributed by atoms with van der Waals surface area (Å²) >= 11 is 18.5. The number of hydrogen-bond donors (Lipinski definition) is 2. The fraction of sp³-hybridized carbons (Fsp3) is 0.450. The summed E-state index contributed by atoms with van der Waals surface area (Å²) in [6.07, 6.45) is 5.04. The first-order valence-corrected chi connectivity index (χ1v) is 20.1. The Bertz CT molecular complexity index is 2280. The number of nitrogens with two attached hydrogens (primary N) is 1. The zero-order chi connectivity index (χ0) is 41.2. The number of nitrogen functional groups attached to an aromatic ring is 1. The van der Waals surface area contributed by atoms with Crippen molar-refractivity contribution in [3.05, 3.63) is 64.0 Å². The van der Waals surface area contributed by atoms with Gasteiger partial charge in [-0.05, 0) is 44.9 Å². The molecule has 0 aliphatic heterocycles. The average molecular weight is 840 g/mol. The summed E-state index contributed by atoms with van der Waals surface area (Å²) in [6, 6.07) is 6.14. The number of carbonyl (C=O) groups excluding carboxylic acids is 1. The number of imidazole rings is 1. The van der Waals surface area contributed by atoms with Gasteiger partial charge in [-0.1, -0.05) is 23.4 Å². The number of amides is 2. The predicted molar refractivity (Wildman–Crippen MR) is 227 cm³/mol. The normalized spacial score (nSPS) is 11.2. The highest BCUT2D eigenvalue weighted by Crippen LogP contribution is 2.30. The number of benzene rings is 1. The van der Waals surface area contributed by atoms with Gasteiger partial charge in [-0.3, -0.25) is 9.78 Å². The second-order valence-electron chi connectivity index (χ2n) is 13.8. The van der Waals surface area contributed by atoms with E-state index in [1.165, 1.54) is 4.90 Å². The molecule has 0 fully saturated rings. The number of carbonyl (C=O) groups is 2. The zero-order valence-electron chi connectivity index (χ0n) is 33.0. The second kappa shape index (κ2) is 19.9. The van der Waals surface area contributed by atoms with Crippen molar-refractivity contribution in [2.45, 2.75) is 52.5 Å². The topological polar surface area (TPSA) is 161 Å². The number of anilines is 2. The van der Waals surface area contributed by atoms with Crippen molar-refractivity contribution in [1.29, 1.82) is 0 Å². The number of aromatic nitrogens is 6. The van der Waals surface area contributed by atoms with E-state index in [1.54, 1.807) is 25.3 Å². The molecule has 1 aromatic carbocycles. The molecule has 5 aromatic rings. The lowest BCUT2D eigenvalue weighted by Crippen LogP contribution is -2.39. The highest BCUT2D eigenvalue weighted by Gasteiger charge is 2.19. The van der Waals surface area contributed by atoms with Gasteiger partial charge in [-0.2, -0.15) is 4.98 Å². The monoisotopic (exact) mass is 838 g/mol. The maximum atomic E-state index is 13.0. The summed E-state index contributed by atoms with van der Waals surface area (Å²) in [7, 11) is 5.31. The van der Waals surface area contributed by atoms with Crippen molar-refractivity contribution < 1.29 is 19.4 Å². The van der Waals surface area contributed by atoms with Gasteiger partial charge in [-0.25, -0.2) is 14.8 Å². The Hall–Kier alpha value is -4.97. The molecule has 0 aliphatic carbocycles. The molecule has 304 valence electrons. The third-order valence-electron chi connectivity index (χ3n) is 9.94. The van der Waals surface area contributed by atoms with Crippen LogP contribution in [0.2, 0.25) is 5.15 Å². The van der Waals surface area contributed by atoms with Crippen molar-refractivity contribution in [3.8, 4) is 17.6 Å². The highest BCUT2D eigenvalue weighted by atomic mass is 35.5. The van der Waals surface area contributed by atoms with Crippen LogP contribution < -0.4 is 15.4 Å². The number of pyridine rings is 1. The van der Waals surface area contributed by atoms with Crippen LogP contribution in [0.5, 0.6) is 5.75 Å². The number of halogens is 3. The molecule has 3 N–H and O–H groups in total. The lowest BCUT2D eigenvalue weighted by Gasteiger charge is -2.23. The van der Waals surface area contributed by atoms with E-state index in [2.05, 4.69) is 36.3 Å². The lowest BCUT2D eigenvalue weighted by atomic mass is 10.1. The van der Waals surface area contributed by atoms with Crippen LogP contribution in [0.15, 0.2) is 30.6 Å². The molecule has 2 amide bonds. The Morgan fingerprint density at radius 1 is 1.04 bits per heavy atom. The zero-order valence-corrected chi connectivity index (χ0v) is 35.3. The molecular formula is C40H49Cl3N10O4. The van der Waals surface area contributed by atoms with Gasteiger partial charge in [0.1, 0.15) is 22.4 Å². The molecule has 14 nitrogen and oxygen atoms in total. The maximum absolute atomic E-state index is 13.0. The first-order chi connectivity index (χ1) is 27.4. The van der Waals surface area contributed by atoms with Gasteiger partial charge >= 0.3 is 6.09 Å². The molecule has 17 heteroatoms. The summed E-state index contributed by atoms with van der Waals surface area (Å²) in [4.78, 5) is 48.1. The third-order valence-corrected chi connectivity index (χ3v) is 10.5. The molecule has 4 aromatic heterocycles. The third kappa shape index (κ3) is 10.5. The van der Waals surface area contributed by atoms with E-state index in [0.29, 0.717) is 80.1 Å². The van der Waals surface area contributed by atoms with Crippen LogP contribution in [0.4, 0.5) is 16.4 Å². The number of nitrogens with zero attached hydrogens (tertiary/aromatic N) is 9. The average Bonchev–Trinajstić information content (AvgIpc) is 3.68. The van der Waals surface area contributed by atoms with Crippen molar-refractivity contribution in [1.82, 2.24) is 38.9 Å². The Kier molecular flexibility index (Phi) is 15.1. The van der Waals surface area contributed by atoms with E-state index < -0.39 is 6.09 Å². The Morgan fingerprint density at radius 2 is 1.79 bits per heavy atom. The fourth-order valence-corrected chi connectivity index (χ4v) is 7.48. The number of methoxy groups -OCH3 is 1. The second-order valence-corrected chi connectivity index (χ2v) is 14.9. The SMILES string of the molecule is COc1c(C)cnc(Cn2cc(C#CCCCN(CCN(C)C(=O)CCCc3nc4cc(N(CCCl)CCCl)ccc4n3C)C(=O)O)c3c(Cl)nc(N)nc32)c1C. The summed E-state index contributed by atoms with van der Waals surface area (Å²) in [5, 5.41) is 10.6. The van der Waals surface area contributed by atoms with Crippen LogP contribution >= 0.6 is 34.8 Å². The highest BCUT2D eigenvalue weighted by molar-refractivity contribution is 6.34. The molecule has 0 bridgehead atoms. The summed E-state index contributed by atoms with van der Waals surface area (Å²) < 4.78 is 9.52. The Morgan fingerprint density at radius 3 is 2.49 bits per heavy atom. The predicted octanol–water partition coefficient (Wildman–Crippen LogP) is 6.50. The van der Waals surface area contributed by atoms with Crippen molar-refractivity contribution in [2.75, 3.05) is 69.3 Å². The van der Waals surface area contributed by atoms with Gasteiger partial charge in [0.05, 0.1) is 41.3 Å². The van der Waals surface area contributed by atoms with Crippen molar-refractivity contribution in [3.63, 3.8) is 0 Å². The minimum atomic E-state index is -1.05. The van der Waals surface area contributed by atoms with Gasteiger partial charge in [-0.15, -0.1) is 23.2 Å². The van der Waals surface area contributed by atoms with Crippen LogP contribution in [0.3, 0.4) is 0 Å². The van der Waals surface area contributed by atoms with Crippen LogP contribution in [-0.4, -0.2) is 115 Å². The number of ether oxygens (including phenoxy) is 1. The number of likely N-dealkylation sites (N-methyl/N-ethyl adjacent to an activating group) is 1. The number of unbranched alkanes of at least 4 members (excludes halogenated alkanes) is 1. The largest absolute Gasteiger partial charge is 0.496 e. The molecule has 0 saturated heterocycles. The quantitative estimate of drug-likeness (QED) is 0.0432. The van der Waals surface area contributed by atoms with Gasteiger partial charge < -0.3 is 39.4 Å². The number of alkyl halides is 2. The number of carboxylic acid groups (broad SMARTS) is 1. The van der Waals surface area contributed by atoms with Gasteiger partial charge in [0.25, 0.3) is 0 Å². The molecule has 57 heavy (non-hydrogen) atoms. The standard InChI is InChI=1S/C40H49Cl3N10O4/c1-26-23-45-31(27(2)36(26)57-5)25-53-24-28(35-37(43)47-39(44)48-38(35)53)10-7-6-8-17-52(40(55)56)21-20-49(3)34(54)12-9-11-33-46-30-22-29(13-14-32(30)50(33)4)51(18-15-41)19-16-42/h13-14,22-24H,6,8-9,11-12,15-21,25H2,1-5H3,(H,55,56)(H2,44,47,48). The summed E-state index contributed by atoms with van der Waals surface area (Å²) in [6.45, 7) is 6.38. The molecular weight excluding hydrogens is 791 g/mol. The van der Waals surface area contributed by atoms with Gasteiger partial charge in [0.2, 0.25) is 11.9 Å². The van der Waals surface area contributed by atoms with E-state index >= 15 is 0 Å². The van der Waals surface area contributed by atoms with Crippen LogP contribution in [-0.2, 0) is 24.8 Å². The smallest absolute Gasteiger partial charge is 0.407 e. The van der Waals surface area contributed by atoms with Crippen molar-refractivity contribution in [2.24, 2.45) is 7.05 Å². The molecule has 0 radical (unpaired) electrons. The molecule has 4 heterocycles. The number of hydrogen-bond acceptors (Lipinski definition) is 9. The van der Waals surface area contributed by atoms with Gasteiger partial charge in [0.15, 0.2) is 0 Å². The summed E-state index contributed by atoms with van der Waals surface area (Å²) in [5.74, 6) is 8.96. The van der Waals surface area contributed by atoms with E-state index in [1.807, 2.05) is 49.9 Å². The maximum Gasteiger partial charge on any atom is 0.407 e. The molecule has 0 unspecified atom stereocenters. The lowest BCUT2D eigenvalue weighted by molar-refractivity contribution is -0.130.